The van der Waals surface area contributed by atoms with E-state index in [4.69, 9.17) is 4.74 Å². The monoisotopic (exact) mass is 276 g/mol. The summed E-state index contributed by atoms with van der Waals surface area (Å²) >= 11 is 0. The van der Waals surface area contributed by atoms with Crippen LogP contribution in [0.5, 0.6) is 5.75 Å². The lowest BCUT2D eigenvalue weighted by Crippen LogP contribution is -2.64. The third-order valence-electron chi connectivity index (χ3n) is 3.23. The van der Waals surface area contributed by atoms with Crippen LogP contribution in [0.15, 0.2) is 24.3 Å². The van der Waals surface area contributed by atoms with Gasteiger partial charge in [-0.2, -0.15) is 0 Å². The van der Waals surface area contributed by atoms with Crippen molar-refractivity contribution in [3.05, 3.63) is 29.8 Å². The Morgan fingerprint density at radius 1 is 1.35 bits per heavy atom. The van der Waals surface area contributed by atoms with E-state index >= 15 is 0 Å². The number of carbonyl (C=O) groups excluding carboxylic acids is 2. The highest BCUT2D eigenvalue weighted by atomic mass is 16.5. The van der Waals surface area contributed by atoms with Crippen molar-refractivity contribution in [2.75, 3.05) is 19.7 Å². The summed E-state index contributed by atoms with van der Waals surface area (Å²) in [5.41, 5.74) is 0.288. The summed E-state index contributed by atoms with van der Waals surface area (Å²) in [4.78, 5) is 25.2. The summed E-state index contributed by atoms with van der Waals surface area (Å²) in [6.07, 6.45) is 0. The Kier molecular flexibility index (Phi) is 3.97. The molecule has 0 bridgehead atoms. The van der Waals surface area contributed by atoms with Crippen LogP contribution in [0, 0.1) is 6.92 Å². The molecule has 1 aliphatic rings. The van der Waals surface area contributed by atoms with E-state index in [0.29, 0.717) is 13.2 Å². The van der Waals surface area contributed by atoms with E-state index in [1.807, 2.05) is 31.2 Å². The quantitative estimate of drug-likeness (QED) is 0.896. The molecule has 1 N–H and O–H groups in total. The zero-order valence-corrected chi connectivity index (χ0v) is 12.1. The number of amides is 2. The van der Waals surface area contributed by atoms with Crippen LogP contribution < -0.4 is 10.1 Å². The molecule has 1 heterocycles. The number of aryl methyl sites for hydroxylation is 1. The van der Waals surface area contributed by atoms with Crippen LogP contribution >= 0.6 is 0 Å². The molecule has 5 nitrogen and oxygen atoms in total. The number of nitrogens with one attached hydrogen (secondary N) is 1. The molecular formula is C15H20N2O3. The van der Waals surface area contributed by atoms with Crippen molar-refractivity contribution >= 4 is 11.8 Å². The second kappa shape index (κ2) is 5.53. The van der Waals surface area contributed by atoms with Crippen molar-refractivity contribution in [2.45, 2.75) is 26.3 Å². The second-order valence-corrected chi connectivity index (χ2v) is 5.56. The Morgan fingerprint density at radius 2 is 2.10 bits per heavy atom. The van der Waals surface area contributed by atoms with Crippen molar-refractivity contribution in [3.63, 3.8) is 0 Å². The van der Waals surface area contributed by atoms with E-state index in [1.165, 1.54) is 4.90 Å². The first-order chi connectivity index (χ1) is 9.38. The molecule has 5 heteroatoms. The molecule has 0 spiro atoms. The second-order valence-electron chi connectivity index (χ2n) is 5.56. The summed E-state index contributed by atoms with van der Waals surface area (Å²) in [5.74, 6) is 0.563. The first kappa shape index (κ1) is 14.4. The molecule has 1 aromatic rings. The van der Waals surface area contributed by atoms with Gasteiger partial charge in [0.2, 0.25) is 11.8 Å². The Balaban J connectivity index is 1.90. The molecule has 0 aliphatic carbocycles. The topological polar surface area (TPSA) is 58.6 Å². The normalized spacial score (nSPS) is 17.9. The molecule has 1 aromatic carbocycles. The predicted molar refractivity (Wildman–Crippen MR) is 75.5 cm³/mol. The van der Waals surface area contributed by atoms with Crippen molar-refractivity contribution in [2.24, 2.45) is 0 Å². The van der Waals surface area contributed by atoms with E-state index in [-0.39, 0.29) is 18.4 Å². The lowest BCUT2D eigenvalue weighted by molar-refractivity contribution is -0.148. The van der Waals surface area contributed by atoms with Crippen LogP contribution in [0.3, 0.4) is 0 Å². The smallest absolute Gasteiger partial charge is 0.248 e. The maximum Gasteiger partial charge on any atom is 0.248 e. The van der Waals surface area contributed by atoms with E-state index in [2.05, 4.69) is 5.32 Å². The summed E-state index contributed by atoms with van der Waals surface area (Å²) in [6, 6.07) is 7.73. The average Bonchev–Trinajstić information content (AvgIpc) is 2.34. The fourth-order valence-corrected chi connectivity index (χ4v) is 2.24. The van der Waals surface area contributed by atoms with E-state index in [0.717, 1.165) is 11.3 Å². The zero-order valence-electron chi connectivity index (χ0n) is 12.1. The number of hydrogen-bond donors (Lipinski definition) is 1. The van der Waals surface area contributed by atoms with Gasteiger partial charge in [0.1, 0.15) is 17.9 Å². The standard InChI is InChI=1S/C15H20N2O3/c1-11-5-4-6-12(9-11)20-8-7-17-10-13(18)16-15(2,3)14(17)19/h4-6,9H,7-8,10H2,1-3H3,(H,16,18). The first-order valence-electron chi connectivity index (χ1n) is 6.68. The van der Waals surface area contributed by atoms with Crippen LogP contribution in [0.25, 0.3) is 0 Å². The van der Waals surface area contributed by atoms with Crippen LogP contribution in [-0.4, -0.2) is 41.9 Å². The SMILES string of the molecule is Cc1cccc(OCCN2CC(=O)NC(C)(C)C2=O)c1. The van der Waals surface area contributed by atoms with Gasteiger partial charge in [-0.15, -0.1) is 0 Å². The lowest BCUT2D eigenvalue weighted by Gasteiger charge is -2.37. The summed E-state index contributed by atoms with van der Waals surface area (Å²) in [5, 5.41) is 2.68. The van der Waals surface area contributed by atoms with Gasteiger partial charge in [-0.25, -0.2) is 0 Å². The average molecular weight is 276 g/mol. The molecule has 0 saturated carbocycles. The zero-order chi connectivity index (χ0) is 14.8. The van der Waals surface area contributed by atoms with Gasteiger partial charge in [0.25, 0.3) is 0 Å². The predicted octanol–water partition coefficient (Wildman–Crippen LogP) is 1.11. The van der Waals surface area contributed by atoms with Crippen LogP contribution in [-0.2, 0) is 9.59 Å². The van der Waals surface area contributed by atoms with E-state index in [1.54, 1.807) is 13.8 Å². The highest BCUT2D eigenvalue weighted by Gasteiger charge is 2.38. The molecule has 1 fully saturated rings. The van der Waals surface area contributed by atoms with E-state index < -0.39 is 5.54 Å². The Bertz CT molecular complexity index is 526. The number of ether oxygens (including phenoxy) is 1. The van der Waals surface area contributed by atoms with Crippen LogP contribution in [0.1, 0.15) is 19.4 Å². The minimum atomic E-state index is -0.835. The highest BCUT2D eigenvalue weighted by molar-refractivity contribution is 5.97. The summed E-state index contributed by atoms with van der Waals surface area (Å²) < 4.78 is 5.62. The molecule has 20 heavy (non-hydrogen) atoms. The molecule has 2 rings (SSSR count). The van der Waals surface area contributed by atoms with Crippen molar-refractivity contribution in [1.82, 2.24) is 10.2 Å². The van der Waals surface area contributed by atoms with Crippen LogP contribution in [0.4, 0.5) is 0 Å². The molecule has 0 radical (unpaired) electrons. The maximum atomic E-state index is 12.1. The Labute approximate surface area is 118 Å². The van der Waals surface area contributed by atoms with Gasteiger partial charge < -0.3 is 15.0 Å². The van der Waals surface area contributed by atoms with Gasteiger partial charge in [-0.3, -0.25) is 9.59 Å². The minimum absolute atomic E-state index is 0.0788. The molecule has 0 unspecified atom stereocenters. The summed E-state index contributed by atoms with van der Waals surface area (Å²) in [6.45, 7) is 6.29. The van der Waals surface area contributed by atoms with E-state index in [9.17, 15) is 9.59 Å². The van der Waals surface area contributed by atoms with Gasteiger partial charge in [-0.1, -0.05) is 12.1 Å². The van der Waals surface area contributed by atoms with Gasteiger partial charge in [0.05, 0.1) is 13.1 Å². The van der Waals surface area contributed by atoms with Crippen molar-refractivity contribution in [1.29, 1.82) is 0 Å². The molecular weight excluding hydrogens is 256 g/mol. The fourth-order valence-electron chi connectivity index (χ4n) is 2.24. The molecule has 1 aliphatic heterocycles. The number of carbonyl (C=O) groups is 2. The number of rotatable bonds is 4. The third kappa shape index (κ3) is 3.29. The highest BCUT2D eigenvalue weighted by Crippen LogP contribution is 2.14. The Morgan fingerprint density at radius 3 is 2.80 bits per heavy atom. The summed E-state index contributed by atoms with van der Waals surface area (Å²) in [7, 11) is 0. The number of benzene rings is 1. The molecule has 108 valence electrons. The van der Waals surface area contributed by atoms with Gasteiger partial charge in [0.15, 0.2) is 0 Å². The number of nitrogens with zero attached hydrogens (tertiary/aromatic N) is 1. The molecule has 0 atom stereocenters. The van der Waals surface area contributed by atoms with Gasteiger partial charge in [-0.05, 0) is 38.5 Å². The molecule has 1 saturated heterocycles. The number of piperazine rings is 1. The fraction of sp³-hybridized carbons (Fsp3) is 0.467. The first-order valence-corrected chi connectivity index (χ1v) is 6.68. The lowest BCUT2D eigenvalue weighted by atomic mass is 10.0. The number of hydrogen-bond acceptors (Lipinski definition) is 3. The van der Waals surface area contributed by atoms with Crippen molar-refractivity contribution < 1.29 is 14.3 Å². The Hall–Kier alpha value is -2.04. The van der Waals surface area contributed by atoms with Gasteiger partial charge >= 0.3 is 0 Å². The maximum absolute atomic E-state index is 12.1. The molecule has 2 amide bonds. The minimum Gasteiger partial charge on any atom is -0.492 e. The van der Waals surface area contributed by atoms with Crippen molar-refractivity contribution in [3.8, 4) is 5.75 Å². The van der Waals surface area contributed by atoms with Crippen LogP contribution in [0.2, 0.25) is 0 Å². The molecule has 0 aromatic heterocycles. The third-order valence-corrected chi connectivity index (χ3v) is 3.23. The largest absolute Gasteiger partial charge is 0.492 e. The van der Waals surface area contributed by atoms with Gasteiger partial charge in [0, 0.05) is 0 Å².